The van der Waals surface area contributed by atoms with Crippen molar-refractivity contribution in [2.75, 3.05) is 67.0 Å². The zero-order valence-electron chi connectivity index (χ0n) is 24.4. The second-order valence-electron chi connectivity index (χ2n) is 9.75. The van der Waals surface area contributed by atoms with E-state index >= 15 is 0 Å². The largest absolute Gasteiger partial charge is 0.481 e. The van der Waals surface area contributed by atoms with Gasteiger partial charge in [-0.1, -0.05) is 19.1 Å². The Bertz CT molecular complexity index is 1360. The van der Waals surface area contributed by atoms with Crippen LogP contribution < -0.4 is 25.2 Å². The van der Waals surface area contributed by atoms with Crippen LogP contribution >= 0.6 is 0 Å². The normalized spacial score (nSPS) is 13.6. The van der Waals surface area contributed by atoms with Gasteiger partial charge in [0, 0.05) is 38.3 Å². The van der Waals surface area contributed by atoms with E-state index in [1.807, 2.05) is 37.5 Å². The molecule has 12 heteroatoms. The van der Waals surface area contributed by atoms with Gasteiger partial charge in [-0.15, -0.1) is 0 Å². The third-order valence-electron chi connectivity index (χ3n) is 7.09. The highest BCUT2D eigenvalue weighted by Gasteiger charge is 2.29. The van der Waals surface area contributed by atoms with Crippen LogP contribution in [0.15, 0.2) is 48.8 Å². The molecular weight excluding hydrogens is 536 g/mol. The Kier molecular flexibility index (Phi) is 10.7. The monoisotopic (exact) mass is 574 g/mol. The Morgan fingerprint density at radius 2 is 1.95 bits per heavy atom. The van der Waals surface area contributed by atoms with E-state index < -0.39 is 6.09 Å². The van der Waals surface area contributed by atoms with Crippen molar-refractivity contribution in [2.45, 2.75) is 39.3 Å². The molecule has 1 amide bonds. The van der Waals surface area contributed by atoms with Crippen LogP contribution in [0.1, 0.15) is 37.8 Å². The molecule has 0 radical (unpaired) electrons. The van der Waals surface area contributed by atoms with Gasteiger partial charge in [0.25, 0.3) is 0 Å². The number of benzene rings is 1. The van der Waals surface area contributed by atoms with Crippen molar-refractivity contribution in [3.8, 4) is 11.9 Å². The van der Waals surface area contributed by atoms with E-state index in [-0.39, 0.29) is 18.5 Å². The molecule has 3 aromatic rings. The van der Waals surface area contributed by atoms with Gasteiger partial charge in [0.05, 0.1) is 62.3 Å². The third kappa shape index (κ3) is 7.55. The lowest BCUT2D eigenvalue weighted by atomic mass is 10.1. The highest BCUT2D eigenvalue weighted by atomic mass is 16.6. The van der Waals surface area contributed by atoms with Crippen LogP contribution in [0.4, 0.5) is 27.9 Å². The van der Waals surface area contributed by atoms with E-state index in [1.165, 1.54) is 7.11 Å². The Balaban J connectivity index is 1.61. The molecule has 2 N–H and O–H groups in total. The maximum atomic E-state index is 13.2. The first-order valence-electron chi connectivity index (χ1n) is 14.1. The first-order valence-corrected chi connectivity index (χ1v) is 14.1. The molecule has 1 saturated heterocycles. The summed E-state index contributed by atoms with van der Waals surface area (Å²) in [4.78, 5) is 32.8. The topological polar surface area (TPSA) is 143 Å². The summed E-state index contributed by atoms with van der Waals surface area (Å²) in [5.74, 6) is 1.09. The van der Waals surface area contributed by atoms with Crippen molar-refractivity contribution in [1.82, 2.24) is 15.0 Å². The third-order valence-corrected chi connectivity index (χ3v) is 7.09. The van der Waals surface area contributed by atoms with Crippen LogP contribution in [0.2, 0.25) is 0 Å². The van der Waals surface area contributed by atoms with Gasteiger partial charge in [0.1, 0.15) is 0 Å². The fourth-order valence-electron chi connectivity index (χ4n) is 4.90. The Morgan fingerprint density at radius 1 is 1.19 bits per heavy atom. The van der Waals surface area contributed by atoms with Crippen molar-refractivity contribution >= 4 is 29.2 Å². The summed E-state index contributed by atoms with van der Waals surface area (Å²) in [5, 5.41) is 9.42. The van der Waals surface area contributed by atoms with Gasteiger partial charge in [0.2, 0.25) is 11.8 Å². The predicted molar refractivity (Wildman–Crippen MR) is 161 cm³/mol. The molecule has 4 rings (SSSR count). The average molecular weight is 575 g/mol. The quantitative estimate of drug-likeness (QED) is 0.335. The summed E-state index contributed by atoms with van der Waals surface area (Å²) >= 11 is 0. The number of carbonyl (C=O) groups is 1. The fourth-order valence-corrected chi connectivity index (χ4v) is 4.90. The molecule has 0 aliphatic carbocycles. The number of morpholine rings is 1. The average Bonchev–Trinajstić information content (AvgIpc) is 3.03. The van der Waals surface area contributed by atoms with Crippen LogP contribution in [0.25, 0.3) is 0 Å². The van der Waals surface area contributed by atoms with Crippen molar-refractivity contribution in [2.24, 2.45) is 0 Å². The summed E-state index contributed by atoms with van der Waals surface area (Å²) in [6, 6.07) is 12.8. The van der Waals surface area contributed by atoms with E-state index in [0.717, 1.165) is 24.3 Å². The molecule has 1 fully saturated rings. The fraction of sp³-hybridized carbons (Fsp3) is 0.433. The highest BCUT2D eigenvalue weighted by Crippen LogP contribution is 2.29. The molecular formula is C30H38N8O4. The molecule has 1 unspecified atom stereocenters. The number of ether oxygens (including phenoxy) is 3. The summed E-state index contributed by atoms with van der Waals surface area (Å²) in [6.45, 7) is 7.93. The SMILES string of the molecule is CCOC(=O)N(c1ccc(OC)nc1N)C(CC)CCN(Cc1cccc(C#N)c1)c1ncc(N2CCOCC2)cn1. The molecule has 3 heterocycles. The second kappa shape index (κ2) is 14.8. The molecule has 222 valence electrons. The molecule has 1 aromatic carbocycles. The molecule has 1 aliphatic rings. The molecule has 42 heavy (non-hydrogen) atoms. The maximum Gasteiger partial charge on any atom is 0.414 e. The minimum Gasteiger partial charge on any atom is -0.481 e. The first-order chi connectivity index (χ1) is 20.5. The number of nitrogen functional groups attached to an aromatic ring is 1. The number of nitriles is 1. The Labute approximate surface area is 246 Å². The minimum absolute atomic E-state index is 0.174. The standard InChI is InChI=1S/C30H38N8O4/c1-4-24(38(30(39)42-5-2)26-9-10-27(40-3)35-28(26)32)11-12-37(21-23-8-6-7-22(17-23)18-31)29-33-19-25(20-34-29)36-13-15-41-16-14-36/h6-10,17,19-20,24H,4-5,11-16,21H2,1-3H3,(H2,32,35). The Morgan fingerprint density at radius 3 is 2.60 bits per heavy atom. The van der Waals surface area contributed by atoms with Crippen LogP contribution in [-0.2, 0) is 16.0 Å². The smallest absolute Gasteiger partial charge is 0.414 e. The number of nitrogens with two attached hydrogens (primary N) is 1. The van der Waals surface area contributed by atoms with Gasteiger partial charge in [0.15, 0.2) is 5.82 Å². The molecule has 0 bridgehead atoms. The van der Waals surface area contributed by atoms with Crippen LogP contribution in [0.5, 0.6) is 5.88 Å². The van der Waals surface area contributed by atoms with Crippen molar-refractivity contribution in [1.29, 1.82) is 5.26 Å². The maximum absolute atomic E-state index is 13.2. The molecule has 2 aromatic heterocycles. The van der Waals surface area contributed by atoms with E-state index in [9.17, 15) is 10.1 Å². The molecule has 12 nitrogen and oxygen atoms in total. The van der Waals surface area contributed by atoms with Gasteiger partial charge in [-0.2, -0.15) is 10.2 Å². The van der Waals surface area contributed by atoms with E-state index in [0.29, 0.717) is 62.2 Å². The highest BCUT2D eigenvalue weighted by molar-refractivity contribution is 5.91. The number of anilines is 4. The number of hydrogen-bond donors (Lipinski definition) is 1. The van der Waals surface area contributed by atoms with Gasteiger partial charge >= 0.3 is 6.09 Å². The lowest BCUT2D eigenvalue weighted by Gasteiger charge is -2.33. The first kappa shape index (κ1) is 30.3. The van der Waals surface area contributed by atoms with Crippen LogP contribution in [0.3, 0.4) is 0 Å². The number of aromatic nitrogens is 3. The van der Waals surface area contributed by atoms with Crippen LogP contribution in [-0.4, -0.2) is 73.7 Å². The van der Waals surface area contributed by atoms with E-state index in [1.54, 1.807) is 30.0 Å². The number of hydrogen-bond acceptors (Lipinski definition) is 11. The summed E-state index contributed by atoms with van der Waals surface area (Å²) in [5.41, 5.74) is 9.20. The number of methoxy groups -OCH3 is 1. The number of pyridine rings is 1. The van der Waals surface area contributed by atoms with Crippen LogP contribution in [0, 0.1) is 11.3 Å². The van der Waals surface area contributed by atoms with E-state index in [4.69, 9.17) is 29.9 Å². The van der Waals surface area contributed by atoms with Gasteiger partial charge in [-0.3, -0.25) is 4.90 Å². The zero-order valence-corrected chi connectivity index (χ0v) is 24.4. The Hall–Kier alpha value is -4.63. The van der Waals surface area contributed by atoms with Crippen molar-refractivity contribution < 1.29 is 19.0 Å². The summed E-state index contributed by atoms with van der Waals surface area (Å²) in [6.07, 6.45) is 4.37. The van der Waals surface area contributed by atoms with Crippen molar-refractivity contribution in [3.63, 3.8) is 0 Å². The number of carbonyl (C=O) groups excluding carboxylic acids is 1. The molecule has 0 spiro atoms. The van der Waals surface area contributed by atoms with Gasteiger partial charge in [-0.05, 0) is 43.5 Å². The predicted octanol–water partition coefficient (Wildman–Crippen LogP) is 4.01. The number of nitrogens with zero attached hydrogens (tertiary/aromatic N) is 7. The zero-order chi connectivity index (χ0) is 29.9. The number of amides is 1. The lowest BCUT2D eigenvalue weighted by Crippen LogP contribution is -2.43. The molecule has 0 saturated carbocycles. The van der Waals surface area contributed by atoms with Crippen molar-refractivity contribution in [3.05, 3.63) is 59.9 Å². The molecule has 1 atom stereocenters. The lowest BCUT2D eigenvalue weighted by molar-refractivity contribution is 0.122. The summed E-state index contributed by atoms with van der Waals surface area (Å²) < 4.78 is 16.1. The number of rotatable bonds is 12. The molecule has 1 aliphatic heterocycles. The second-order valence-corrected chi connectivity index (χ2v) is 9.75. The van der Waals surface area contributed by atoms with E-state index in [2.05, 4.69) is 20.9 Å². The van der Waals surface area contributed by atoms with Gasteiger partial charge in [-0.25, -0.2) is 14.8 Å². The minimum atomic E-state index is -0.498. The van der Waals surface area contributed by atoms with Gasteiger partial charge < -0.3 is 29.7 Å². The summed E-state index contributed by atoms with van der Waals surface area (Å²) in [7, 11) is 1.51.